The summed E-state index contributed by atoms with van der Waals surface area (Å²) in [6.07, 6.45) is 0. The maximum Gasteiger partial charge on any atom is 0.257 e. The van der Waals surface area contributed by atoms with Crippen molar-refractivity contribution in [3.05, 3.63) is 255 Å². The standard InChI is InChI=1S/C27H26N4O2.C25H21FN4O2.C23H20N4O2.2CH4/c1-18-6-8-20(9-7-18)24-15-23(12-10-21(24)16-28)31(5)17-27(3,33)26(32)30-22-11-13-25(29-4)19(2)14-22;1-16-12-21(10-11-23(16)28-3)30-24(31)25(2,32)15-29-20-9-6-18(14-27)22(13-20)17-4-7-19(26)8-5-17;1-15-12-17(9-11-20(15)25-3)27-22(28)23(2,29)14-26-21-10-8-16(13-24)18-6-4-5-7-19(18)21;;/h6-15,33H,17H2,1-3,5H3,(H,30,32);4-13,29,32H,15H2,1-2H3,(H,30,31);4-12,26,29H,14H2,1-2H3,(H,27,28);2*1H4/t27-;25-;23-;;/m000../s1. The molecule has 9 aromatic carbocycles. The molecule has 0 radical (unpaired) electrons. The lowest BCUT2D eigenvalue weighted by Gasteiger charge is -2.30. The molecule has 3 atom stereocenters. The normalized spacial score (nSPS) is 12.0. The lowest BCUT2D eigenvalue weighted by molar-refractivity contribution is -0.131. The van der Waals surface area contributed by atoms with Crippen molar-refractivity contribution in [1.82, 2.24) is 0 Å². The van der Waals surface area contributed by atoms with Crippen LogP contribution in [0.15, 0.2) is 176 Å². The maximum absolute atomic E-state index is 13.3. The van der Waals surface area contributed by atoms with Crippen LogP contribution in [0.2, 0.25) is 0 Å². The largest absolute Gasteiger partial charge is 0.382 e. The summed E-state index contributed by atoms with van der Waals surface area (Å²) in [6.45, 7) is 32.9. The summed E-state index contributed by atoms with van der Waals surface area (Å²) < 4.78 is 13.3. The summed E-state index contributed by atoms with van der Waals surface area (Å²) in [4.78, 5) is 50.0. The van der Waals surface area contributed by atoms with E-state index in [2.05, 4.69) is 59.3 Å². The summed E-state index contributed by atoms with van der Waals surface area (Å²) in [5, 5.41) is 76.3. The Morgan fingerprint density at radius 1 is 0.490 bits per heavy atom. The fraction of sp³-hybridized carbons (Fsp3) is 0.208. The van der Waals surface area contributed by atoms with Gasteiger partial charge in [0.1, 0.15) is 5.82 Å². The molecule has 9 aromatic rings. The average Bonchev–Trinajstić information content (AvgIpc) is 0.823. The Bertz CT molecular complexity index is 4600. The minimum absolute atomic E-state index is 0. The third-order valence-corrected chi connectivity index (χ3v) is 15.3. The third-order valence-electron chi connectivity index (χ3n) is 15.3. The monoisotopic (exact) mass is 1280 g/mol. The molecule has 96 heavy (non-hydrogen) atoms. The Labute approximate surface area is 560 Å². The van der Waals surface area contributed by atoms with Crippen molar-refractivity contribution in [2.24, 2.45) is 0 Å². The first-order chi connectivity index (χ1) is 44.7. The predicted molar refractivity (Wildman–Crippen MR) is 380 cm³/mol. The number of carbonyl (C=O) groups is 3. The van der Waals surface area contributed by atoms with E-state index in [0.717, 1.165) is 55.5 Å². The fourth-order valence-corrected chi connectivity index (χ4v) is 9.71. The van der Waals surface area contributed by atoms with Crippen LogP contribution in [0.5, 0.6) is 0 Å². The number of anilines is 6. The van der Waals surface area contributed by atoms with Gasteiger partial charge in [-0.15, -0.1) is 0 Å². The zero-order valence-corrected chi connectivity index (χ0v) is 52.9. The summed E-state index contributed by atoms with van der Waals surface area (Å²) in [5.41, 5.74) is 7.94. The zero-order chi connectivity index (χ0) is 68.5. The fourth-order valence-electron chi connectivity index (χ4n) is 9.71. The molecule has 0 aliphatic rings. The SMILES string of the molecule is C.C.[C-]#[N+]c1ccc(NC(=O)[C@@](C)(O)CN(C)c2ccc(C#N)c(-c3ccc(C)cc3)c2)cc1C.[C-]#[N+]c1ccc(NC(=O)[C@@](C)(O)CNc2ccc(C#N)c(-c3ccc(F)cc3)c2)cc1C.[C-]#[N+]c1ccc(NC(=O)[C@@](C)(O)CNc2ccc(C#N)c3ccccc23)cc1C. The van der Waals surface area contributed by atoms with Gasteiger partial charge < -0.3 is 46.8 Å². The number of nitrogens with zero attached hydrogens (tertiary/aromatic N) is 7. The number of aliphatic hydroxyl groups is 3. The summed E-state index contributed by atoms with van der Waals surface area (Å²) in [5.74, 6) is -2.08. The number of halogens is 1. The number of rotatable bonds is 17. The molecule has 19 heteroatoms. The molecule has 8 N–H and O–H groups in total. The topological polar surface area (TPSA) is 260 Å². The molecule has 9 rings (SSSR count). The molecule has 0 aliphatic carbocycles. The van der Waals surface area contributed by atoms with E-state index >= 15 is 0 Å². The molecule has 18 nitrogen and oxygen atoms in total. The van der Waals surface area contributed by atoms with Crippen LogP contribution in [0.25, 0.3) is 47.6 Å². The number of aryl methyl sites for hydroxylation is 4. The van der Waals surface area contributed by atoms with Gasteiger partial charge in [-0.1, -0.05) is 99.3 Å². The lowest BCUT2D eigenvalue weighted by Crippen LogP contribution is -2.48. The van der Waals surface area contributed by atoms with Crippen LogP contribution in [0, 0.1) is 87.2 Å². The molecular weight excluding hydrogens is 1210 g/mol. The molecule has 0 bridgehead atoms. The van der Waals surface area contributed by atoms with Crippen molar-refractivity contribution in [2.75, 3.05) is 58.2 Å². The first-order valence-electron chi connectivity index (χ1n) is 29.3. The molecule has 0 fully saturated rings. The second kappa shape index (κ2) is 32.9. The van der Waals surface area contributed by atoms with Gasteiger partial charge in [0.05, 0.1) is 74.2 Å². The third kappa shape index (κ3) is 19.0. The van der Waals surface area contributed by atoms with Crippen LogP contribution in [0.3, 0.4) is 0 Å². The van der Waals surface area contributed by atoms with Crippen molar-refractivity contribution >= 4 is 79.7 Å². The minimum atomic E-state index is -1.74. The van der Waals surface area contributed by atoms with Crippen LogP contribution >= 0.6 is 0 Å². The number of hydrogen-bond acceptors (Lipinski definition) is 12. The Morgan fingerprint density at radius 2 is 0.885 bits per heavy atom. The Morgan fingerprint density at radius 3 is 1.33 bits per heavy atom. The van der Waals surface area contributed by atoms with Crippen molar-refractivity contribution in [2.45, 2.75) is 80.1 Å². The first kappa shape index (κ1) is 74.5. The van der Waals surface area contributed by atoms with E-state index in [1.54, 1.807) is 142 Å². The van der Waals surface area contributed by atoms with Crippen molar-refractivity contribution < 1.29 is 34.1 Å². The Hall–Kier alpha value is -12.2. The number of hydrogen-bond donors (Lipinski definition) is 8. The van der Waals surface area contributed by atoms with E-state index in [1.807, 2.05) is 61.5 Å². The van der Waals surface area contributed by atoms with Crippen LogP contribution in [-0.4, -0.2) is 76.5 Å². The molecule has 3 amide bonds. The molecule has 0 saturated carbocycles. The summed E-state index contributed by atoms with van der Waals surface area (Å²) in [7, 11) is 1.79. The van der Waals surface area contributed by atoms with E-state index in [0.29, 0.717) is 67.6 Å². The van der Waals surface area contributed by atoms with Crippen LogP contribution in [0.1, 0.15) is 74.6 Å². The smallest absolute Gasteiger partial charge is 0.257 e. The highest BCUT2D eigenvalue weighted by atomic mass is 19.1. The number of fused-ring (bicyclic) bond motifs is 1. The van der Waals surface area contributed by atoms with Gasteiger partial charge in [-0.05, 0) is 173 Å². The minimum Gasteiger partial charge on any atom is -0.382 e. The van der Waals surface area contributed by atoms with Crippen LogP contribution < -0.4 is 31.5 Å². The van der Waals surface area contributed by atoms with Gasteiger partial charge in [0.25, 0.3) is 17.7 Å². The van der Waals surface area contributed by atoms with Gasteiger partial charge in [0, 0.05) is 63.1 Å². The maximum atomic E-state index is 13.3. The zero-order valence-electron chi connectivity index (χ0n) is 52.9. The van der Waals surface area contributed by atoms with Gasteiger partial charge >= 0.3 is 0 Å². The average molecular weight is 1280 g/mol. The molecule has 0 aromatic heterocycles. The first-order valence-corrected chi connectivity index (χ1v) is 29.3. The molecule has 0 saturated heterocycles. The molecule has 0 spiro atoms. The van der Waals surface area contributed by atoms with E-state index < -0.39 is 34.5 Å². The molecule has 0 aliphatic heterocycles. The van der Waals surface area contributed by atoms with E-state index in [1.165, 1.54) is 32.9 Å². The van der Waals surface area contributed by atoms with Gasteiger partial charge in [-0.3, -0.25) is 14.4 Å². The Balaban J connectivity index is 0.000000258. The summed E-state index contributed by atoms with van der Waals surface area (Å²) >= 11 is 0. The number of likely N-dealkylation sites (N-methyl/N-ethyl adjacent to an activating group) is 1. The highest BCUT2D eigenvalue weighted by Gasteiger charge is 2.34. The van der Waals surface area contributed by atoms with Crippen molar-refractivity contribution in [3.63, 3.8) is 0 Å². The number of nitrogens with one attached hydrogen (secondary N) is 5. The van der Waals surface area contributed by atoms with Gasteiger partial charge in [0.15, 0.2) is 33.9 Å². The number of nitriles is 3. The van der Waals surface area contributed by atoms with E-state index in [9.17, 15) is 49.9 Å². The second-order valence-electron chi connectivity index (χ2n) is 23.0. The number of benzene rings is 9. The number of amides is 3. The van der Waals surface area contributed by atoms with E-state index in [4.69, 9.17) is 19.7 Å². The van der Waals surface area contributed by atoms with Crippen molar-refractivity contribution in [1.29, 1.82) is 15.8 Å². The number of carbonyl (C=O) groups excluding carboxylic acids is 3. The van der Waals surface area contributed by atoms with E-state index in [-0.39, 0.29) is 40.3 Å². The van der Waals surface area contributed by atoms with Gasteiger partial charge in [0.2, 0.25) is 0 Å². The molecular formula is C77H75FN12O6. The van der Waals surface area contributed by atoms with Crippen molar-refractivity contribution in [3.8, 4) is 40.5 Å². The van der Waals surface area contributed by atoms with Gasteiger partial charge in [-0.25, -0.2) is 18.9 Å². The predicted octanol–water partition coefficient (Wildman–Crippen LogP) is 15.9. The Kier molecular flexibility index (Phi) is 25.5. The highest BCUT2D eigenvalue weighted by Crippen LogP contribution is 2.33. The molecule has 0 heterocycles. The lowest BCUT2D eigenvalue weighted by atomic mass is 9.98. The van der Waals surface area contributed by atoms with Crippen LogP contribution in [-0.2, 0) is 14.4 Å². The highest BCUT2D eigenvalue weighted by molar-refractivity contribution is 6.01. The second-order valence-corrected chi connectivity index (χ2v) is 23.0. The molecule has 486 valence electrons. The van der Waals surface area contributed by atoms with Gasteiger partial charge in [-0.2, -0.15) is 15.8 Å². The summed E-state index contributed by atoms with van der Waals surface area (Å²) in [6, 6.07) is 56.5. The quantitative estimate of drug-likeness (QED) is 0.0396. The molecule has 0 unspecified atom stereocenters. The van der Waals surface area contributed by atoms with Crippen LogP contribution in [0.4, 0.5) is 55.6 Å².